The zero-order chi connectivity index (χ0) is 15.7. The van der Waals surface area contributed by atoms with Crippen LogP contribution in [-0.4, -0.2) is 44.3 Å². The van der Waals surface area contributed by atoms with Crippen LogP contribution in [0.4, 0.5) is 0 Å². The van der Waals surface area contributed by atoms with E-state index in [-0.39, 0.29) is 12.7 Å². The molecule has 1 fully saturated rings. The van der Waals surface area contributed by atoms with E-state index in [0.717, 1.165) is 11.8 Å². The number of rotatable bonds is 4. The summed E-state index contributed by atoms with van der Waals surface area (Å²) in [6.45, 7) is 0.932. The first-order valence-corrected chi connectivity index (χ1v) is 8.93. The zero-order valence-electron chi connectivity index (χ0n) is 12.2. The maximum absolute atomic E-state index is 12.2. The first-order chi connectivity index (χ1) is 10.4. The predicted octanol–water partition coefficient (Wildman–Crippen LogP) is 0.456. The Morgan fingerprint density at radius 2 is 2.14 bits per heavy atom. The number of sulfonamides is 1. The number of fused-ring (bicyclic) bond motifs is 1. The van der Waals surface area contributed by atoms with Crippen molar-refractivity contribution in [2.75, 3.05) is 19.6 Å². The molecule has 1 aromatic carbocycles. The van der Waals surface area contributed by atoms with Crippen LogP contribution < -0.4 is 14.8 Å². The highest BCUT2D eigenvalue weighted by Crippen LogP contribution is 2.32. The molecule has 2 aliphatic rings. The summed E-state index contributed by atoms with van der Waals surface area (Å²) in [4.78, 5) is 12.2. The average Bonchev–Trinajstić information content (AvgIpc) is 3.12. The molecule has 2 heterocycles. The molecule has 0 unspecified atom stereocenters. The Morgan fingerprint density at radius 3 is 2.91 bits per heavy atom. The average molecular weight is 326 g/mol. The highest BCUT2D eigenvalue weighted by molar-refractivity contribution is 7.88. The van der Waals surface area contributed by atoms with Crippen LogP contribution in [0.1, 0.15) is 18.4 Å². The molecule has 0 aliphatic carbocycles. The monoisotopic (exact) mass is 326 g/mol. The third-order valence-electron chi connectivity index (χ3n) is 3.84. The first kappa shape index (κ1) is 15.1. The van der Waals surface area contributed by atoms with Gasteiger partial charge in [-0.05, 0) is 30.5 Å². The standard InChI is InChI=1S/C14H18N2O5S/c1-22(18,19)16-6-2-3-11(16)14(17)15-8-10-4-5-12-13(7-10)21-9-20-12/h4-5,7,11H,2-3,6,8-9H2,1H3,(H,15,17)/t11-/m1/s1. The molecule has 7 nitrogen and oxygen atoms in total. The molecule has 3 rings (SSSR count). The Labute approximate surface area is 129 Å². The quantitative estimate of drug-likeness (QED) is 0.869. The van der Waals surface area contributed by atoms with Gasteiger partial charge in [-0.3, -0.25) is 4.79 Å². The van der Waals surface area contributed by atoms with Crippen molar-refractivity contribution in [1.29, 1.82) is 0 Å². The SMILES string of the molecule is CS(=O)(=O)N1CCC[C@@H]1C(=O)NCc1ccc2c(c1)OCO2. The Kier molecular flexibility index (Phi) is 3.96. The molecule has 1 amide bonds. The lowest BCUT2D eigenvalue weighted by Gasteiger charge is -2.21. The summed E-state index contributed by atoms with van der Waals surface area (Å²) in [7, 11) is -3.35. The van der Waals surface area contributed by atoms with Gasteiger partial charge >= 0.3 is 0 Å². The molecule has 0 spiro atoms. The molecule has 120 valence electrons. The van der Waals surface area contributed by atoms with Crippen LogP contribution in [0.5, 0.6) is 11.5 Å². The minimum absolute atomic E-state index is 0.205. The van der Waals surface area contributed by atoms with E-state index in [1.54, 1.807) is 6.07 Å². The van der Waals surface area contributed by atoms with Gasteiger partial charge in [-0.15, -0.1) is 0 Å². The number of nitrogens with one attached hydrogen (secondary N) is 1. The Hall–Kier alpha value is -1.80. The summed E-state index contributed by atoms with van der Waals surface area (Å²) in [5.74, 6) is 1.08. The van der Waals surface area contributed by atoms with Gasteiger partial charge in [0.1, 0.15) is 6.04 Å². The van der Waals surface area contributed by atoms with Crippen molar-refractivity contribution < 1.29 is 22.7 Å². The lowest BCUT2D eigenvalue weighted by atomic mass is 10.2. The van der Waals surface area contributed by atoms with Crippen LogP contribution >= 0.6 is 0 Å². The largest absolute Gasteiger partial charge is 0.454 e. The Bertz CT molecular complexity index is 688. The second-order valence-corrected chi connectivity index (χ2v) is 7.37. The molecule has 0 radical (unpaired) electrons. The van der Waals surface area contributed by atoms with Gasteiger partial charge in [0, 0.05) is 13.1 Å². The van der Waals surface area contributed by atoms with Gasteiger partial charge in [-0.2, -0.15) is 4.31 Å². The maximum atomic E-state index is 12.2. The summed E-state index contributed by atoms with van der Waals surface area (Å²) >= 11 is 0. The van der Waals surface area contributed by atoms with E-state index in [0.29, 0.717) is 37.4 Å². The van der Waals surface area contributed by atoms with E-state index in [4.69, 9.17) is 9.47 Å². The summed E-state index contributed by atoms with van der Waals surface area (Å²) in [5, 5.41) is 2.79. The predicted molar refractivity (Wildman–Crippen MR) is 79.0 cm³/mol. The number of benzene rings is 1. The summed E-state index contributed by atoms with van der Waals surface area (Å²) in [6, 6.07) is 4.84. The van der Waals surface area contributed by atoms with E-state index in [9.17, 15) is 13.2 Å². The highest BCUT2D eigenvalue weighted by Gasteiger charge is 2.36. The number of carbonyl (C=O) groups is 1. The number of carbonyl (C=O) groups excluding carboxylic acids is 1. The number of nitrogens with zero attached hydrogens (tertiary/aromatic N) is 1. The van der Waals surface area contributed by atoms with E-state index < -0.39 is 16.1 Å². The Morgan fingerprint density at radius 1 is 1.36 bits per heavy atom. The number of hydrogen-bond donors (Lipinski definition) is 1. The first-order valence-electron chi connectivity index (χ1n) is 7.08. The summed E-state index contributed by atoms with van der Waals surface area (Å²) in [6.07, 6.45) is 2.39. The topological polar surface area (TPSA) is 84.9 Å². The fourth-order valence-electron chi connectivity index (χ4n) is 2.76. The van der Waals surface area contributed by atoms with Gasteiger partial charge in [0.2, 0.25) is 22.7 Å². The van der Waals surface area contributed by atoms with Gasteiger partial charge in [0.15, 0.2) is 11.5 Å². The third-order valence-corrected chi connectivity index (χ3v) is 5.13. The van der Waals surface area contributed by atoms with Crippen LogP contribution in [0.25, 0.3) is 0 Å². The van der Waals surface area contributed by atoms with Crippen molar-refractivity contribution in [2.45, 2.75) is 25.4 Å². The van der Waals surface area contributed by atoms with Crippen molar-refractivity contribution in [3.05, 3.63) is 23.8 Å². The molecule has 22 heavy (non-hydrogen) atoms. The van der Waals surface area contributed by atoms with Gasteiger partial charge in [0.05, 0.1) is 6.26 Å². The number of amides is 1. The van der Waals surface area contributed by atoms with Crippen LogP contribution in [0, 0.1) is 0 Å². The van der Waals surface area contributed by atoms with E-state index in [1.165, 1.54) is 4.31 Å². The lowest BCUT2D eigenvalue weighted by Crippen LogP contribution is -2.45. The maximum Gasteiger partial charge on any atom is 0.238 e. The van der Waals surface area contributed by atoms with Crippen LogP contribution in [0.15, 0.2) is 18.2 Å². The molecule has 8 heteroatoms. The van der Waals surface area contributed by atoms with E-state index >= 15 is 0 Å². The van der Waals surface area contributed by atoms with Crippen LogP contribution in [-0.2, 0) is 21.4 Å². The van der Waals surface area contributed by atoms with E-state index in [1.807, 2.05) is 12.1 Å². The fourth-order valence-corrected chi connectivity index (χ4v) is 3.88. The molecule has 1 N–H and O–H groups in total. The molecule has 2 aliphatic heterocycles. The summed E-state index contributed by atoms with van der Waals surface area (Å²) in [5.41, 5.74) is 0.876. The minimum atomic E-state index is -3.35. The molecule has 0 aromatic heterocycles. The van der Waals surface area contributed by atoms with Crippen molar-refractivity contribution >= 4 is 15.9 Å². The lowest BCUT2D eigenvalue weighted by molar-refractivity contribution is -0.124. The third kappa shape index (κ3) is 3.02. The molecular weight excluding hydrogens is 308 g/mol. The van der Waals surface area contributed by atoms with Crippen molar-refractivity contribution in [2.24, 2.45) is 0 Å². The summed E-state index contributed by atoms with van der Waals surface area (Å²) < 4.78 is 35.1. The number of hydrogen-bond acceptors (Lipinski definition) is 5. The van der Waals surface area contributed by atoms with Crippen molar-refractivity contribution in [1.82, 2.24) is 9.62 Å². The molecule has 0 saturated carbocycles. The molecular formula is C14H18N2O5S. The smallest absolute Gasteiger partial charge is 0.238 e. The molecule has 1 saturated heterocycles. The molecule has 1 aromatic rings. The van der Waals surface area contributed by atoms with Crippen LogP contribution in [0.3, 0.4) is 0 Å². The molecule has 0 bridgehead atoms. The van der Waals surface area contributed by atoms with Gasteiger partial charge in [-0.25, -0.2) is 8.42 Å². The van der Waals surface area contributed by atoms with Crippen molar-refractivity contribution in [3.63, 3.8) is 0 Å². The number of ether oxygens (including phenoxy) is 2. The van der Waals surface area contributed by atoms with Gasteiger partial charge in [-0.1, -0.05) is 6.07 Å². The molecule has 1 atom stereocenters. The van der Waals surface area contributed by atoms with Crippen LogP contribution in [0.2, 0.25) is 0 Å². The highest BCUT2D eigenvalue weighted by atomic mass is 32.2. The normalized spacial score (nSPS) is 21.0. The zero-order valence-corrected chi connectivity index (χ0v) is 13.1. The van der Waals surface area contributed by atoms with Gasteiger partial charge in [0.25, 0.3) is 0 Å². The second kappa shape index (κ2) is 5.77. The minimum Gasteiger partial charge on any atom is -0.454 e. The fraction of sp³-hybridized carbons (Fsp3) is 0.500. The van der Waals surface area contributed by atoms with E-state index in [2.05, 4.69) is 5.32 Å². The Balaban J connectivity index is 1.63. The second-order valence-electron chi connectivity index (χ2n) is 5.44. The van der Waals surface area contributed by atoms with Gasteiger partial charge < -0.3 is 14.8 Å². The van der Waals surface area contributed by atoms with Crippen molar-refractivity contribution in [3.8, 4) is 11.5 Å².